The van der Waals surface area contributed by atoms with Crippen LogP contribution in [0.25, 0.3) is 10.9 Å². The first-order chi connectivity index (χ1) is 13.1. The van der Waals surface area contributed by atoms with Crippen LogP contribution in [0.2, 0.25) is 10.0 Å². The molecule has 148 valence electrons. The number of hydrogen-bond acceptors (Lipinski definition) is 4. The molecule has 0 saturated carbocycles. The molecule has 0 aliphatic carbocycles. The second-order valence-electron chi connectivity index (χ2n) is 5.92. The lowest BCUT2D eigenvalue weighted by molar-refractivity contribution is 0.373. The first-order valence-electron chi connectivity index (χ1n) is 7.95. The number of aromatic nitrogens is 1. The number of fused-ring (bicyclic) bond motifs is 1. The molecule has 7 nitrogen and oxygen atoms in total. The smallest absolute Gasteiger partial charge is 0.324 e. The van der Waals surface area contributed by atoms with Gasteiger partial charge in [-0.3, -0.25) is 13.9 Å². The van der Waals surface area contributed by atoms with Crippen molar-refractivity contribution in [3.8, 4) is 0 Å². The second-order valence-corrected chi connectivity index (χ2v) is 10.4. The molecule has 0 fully saturated rings. The molecule has 0 unspecified atom stereocenters. The van der Waals surface area contributed by atoms with Crippen LogP contribution in [0.15, 0.2) is 59.6 Å². The number of nitrogens with zero attached hydrogens (tertiary/aromatic N) is 2. The fourth-order valence-electron chi connectivity index (χ4n) is 2.70. The molecule has 0 bridgehead atoms. The summed E-state index contributed by atoms with van der Waals surface area (Å²) in [4.78, 5) is 22.6. The number of sulfonamides is 1. The van der Waals surface area contributed by atoms with Crippen molar-refractivity contribution in [2.24, 2.45) is 0 Å². The molecule has 2 aromatic carbocycles. The topological polar surface area (TPSA) is 108 Å². The highest BCUT2D eigenvalue weighted by atomic mass is 35.5. The Labute approximate surface area is 171 Å². The van der Waals surface area contributed by atoms with Crippen LogP contribution in [0.4, 0.5) is 5.69 Å². The fraction of sp³-hybridized carbons (Fsp3) is 0.118. The number of hydrogen-bond donors (Lipinski definition) is 2. The van der Waals surface area contributed by atoms with E-state index in [0.29, 0.717) is 10.9 Å². The molecule has 0 radical (unpaired) electrons. The van der Waals surface area contributed by atoms with Gasteiger partial charge in [0.2, 0.25) is 0 Å². The maximum Gasteiger partial charge on any atom is 0.327 e. The van der Waals surface area contributed by atoms with Crippen molar-refractivity contribution in [2.45, 2.75) is 4.90 Å². The summed E-state index contributed by atoms with van der Waals surface area (Å²) >= 11 is 11.9. The van der Waals surface area contributed by atoms with Crippen LogP contribution in [-0.4, -0.2) is 35.9 Å². The van der Waals surface area contributed by atoms with Gasteiger partial charge in [-0.15, -0.1) is 0 Å². The van der Waals surface area contributed by atoms with Crippen LogP contribution in [0.5, 0.6) is 0 Å². The molecule has 0 atom stereocenters. The van der Waals surface area contributed by atoms with Gasteiger partial charge in [0.15, 0.2) is 0 Å². The third-order valence-corrected chi connectivity index (χ3v) is 6.92. The van der Waals surface area contributed by atoms with Crippen molar-refractivity contribution in [3.63, 3.8) is 0 Å². The van der Waals surface area contributed by atoms with E-state index in [4.69, 9.17) is 23.2 Å². The molecule has 0 amide bonds. The van der Waals surface area contributed by atoms with E-state index < -0.39 is 30.3 Å². The lowest BCUT2D eigenvalue weighted by atomic mass is 10.2. The van der Waals surface area contributed by atoms with Gasteiger partial charge in [0.1, 0.15) is 0 Å². The first-order valence-corrected chi connectivity index (χ1v) is 11.9. The molecule has 0 saturated heterocycles. The Hall–Kier alpha value is -1.67. The van der Waals surface area contributed by atoms with Crippen molar-refractivity contribution in [2.75, 3.05) is 17.0 Å². The normalized spacial score (nSPS) is 12.3. The molecular weight excluding hydrogens is 446 g/mol. The molecular formula is C17H15Cl2N2O5PS. The van der Waals surface area contributed by atoms with Crippen molar-refractivity contribution >= 4 is 57.4 Å². The Balaban J connectivity index is 2.20. The summed E-state index contributed by atoms with van der Waals surface area (Å²) in [5, 5.41) is 0.772. The molecule has 28 heavy (non-hydrogen) atoms. The highest BCUT2D eigenvalue weighted by Crippen LogP contribution is 2.37. The zero-order chi connectivity index (χ0) is 20.5. The Bertz CT molecular complexity index is 1160. The summed E-state index contributed by atoms with van der Waals surface area (Å²) in [6.07, 6.45) is 0.911. The number of anilines is 1. The maximum absolute atomic E-state index is 13.3. The fourth-order valence-corrected chi connectivity index (χ4v) is 5.51. The number of benzene rings is 2. The average molecular weight is 461 g/mol. The number of pyridine rings is 1. The lowest BCUT2D eigenvalue weighted by Crippen LogP contribution is -2.33. The third kappa shape index (κ3) is 4.66. The van der Waals surface area contributed by atoms with Gasteiger partial charge < -0.3 is 9.79 Å². The highest BCUT2D eigenvalue weighted by molar-refractivity contribution is 7.92. The predicted octanol–water partition coefficient (Wildman–Crippen LogP) is 3.91. The van der Waals surface area contributed by atoms with Crippen molar-refractivity contribution in [1.29, 1.82) is 0 Å². The number of halogens is 2. The van der Waals surface area contributed by atoms with E-state index in [0.717, 1.165) is 4.31 Å². The summed E-state index contributed by atoms with van der Waals surface area (Å²) in [7, 11) is -8.67. The summed E-state index contributed by atoms with van der Waals surface area (Å²) in [5.74, 6) is 0. The van der Waals surface area contributed by atoms with Gasteiger partial charge in [-0.25, -0.2) is 8.42 Å². The Morgan fingerprint density at radius 3 is 2.36 bits per heavy atom. The minimum absolute atomic E-state index is 0.126. The van der Waals surface area contributed by atoms with Gasteiger partial charge in [-0.05, 0) is 42.5 Å². The van der Waals surface area contributed by atoms with Crippen molar-refractivity contribution in [1.82, 2.24) is 4.98 Å². The Morgan fingerprint density at radius 1 is 1.04 bits per heavy atom. The van der Waals surface area contributed by atoms with E-state index in [1.807, 2.05) is 0 Å². The third-order valence-electron chi connectivity index (χ3n) is 3.91. The summed E-state index contributed by atoms with van der Waals surface area (Å²) < 4.78 is 39.0. The van der Waals surface area contributed by atoms with Gasteiger partial charge in [-0.2, -0.15) is 0 Å². The van der Waals surface area contributed by atoms with Crippen LogP contribution in [-0.2, 0) is 14.6 Å². The zero-order valence-corrected chi connectivity index (χ0v) is 17.5. The van der Waals surface area contributed by atoms with Gasteiger partial charge in [-0.1, -0.05) is 29.3 Å². The molecule has 2 N–H and O–H groups in total. The molecule has 3 aromatic rings. The van der Waals surface area contributed by atoms with Crippen LogP contribution in [0.3, 0.4) is 0 Å². The van der Waals surface area contributed by atoms with Gasteiger partial charge in [0, 0.05) is 28.2 Å². The Morgan fingerprint density at radius 2 is 1.71 bits per heavy atom. The molecule has 1 heterocycles. The standard InChI is InChI=1S/C17H15Cl2N2O5PS/c18-12-9-13(19)11-14(10-12)28(25,26)21(7-8-27(22,23)24)17-5-1-4-16-15(17)3-2-6-20-16/h1-6,9-11H,7-8H2,(H2,22,23,24). The summed E-state index contributed by atoms with van der Waals surface area (Å²) in [6, 6.07) is 12.1. The SMILES string of the molecule is O=P(O)(O)CCN(c1cccc2ncccc12)S(=O)(=O)c1cc(Cl)cc(Cl)c1. The van der Waals surface area contributed by atoms with E-state index in [1.54, 1.807) is 36.5 Å². The second kappa shape index (κ2) is 7.99. The monoisotopic (exact) mass is 460 g/mol. The molecule has 1 aromatic heterocycles. The molecule has 3 rings (SSSR count). The van der Waals surface area contributed by atoms with Crippen LogP contribution >= 0.6 is 30.8 Å². The van der Waals surface area contributed by atoms with Crippen molar-refractivity contribution in [3.05, 3.63) is 64.8 Å². The Kier molecular flexibility index (Phi) is 6.00. The van der Waals surface area contributed by atoms with Gasteiger partial charge >= 0.3 is 7.60 Å². The van der Waals surface area contributed by atoms with Gasteiger partial charge in [0.05, 0.1) is 22.3 Å². The first kappa shape index (κ1) is 21.0. The maximum atomic E-state index is 13.3. The number of rotatable bonds is 6. The van der Waals surface area contributed by atoms with E-state index in [-0.39, 0.29) is 20.6 Å². The van der Waals surface area contributed by atoms with Crippen LogP contribution in [0, 0.1) is 0 Å². The van der Waals surface area contributed by atoms with E-state index in [9.17, 15) is 22.8 Å². The van der Waals surface area contributed by atoms with E-state index in [1.165, 1.54) is 18.2 Å². The van der Waals surface area contributed by atoms with Gasteiger partial charge in [0.25, 0.3) is 10.0 Å². The summed E-state index contributed by atoms with van der Waals surface area (Å²) in [5.41, 5.74) is 0.788. The van der Waals surface area contributed by atoms with E-state index in [2.05, 4.69) is 4.98 Å². The van der Waals surface area contributed by atoms with Crippen LogP contribution < -0.4 is 4.31 Å². The molecule has 0 aliphatic rings. The minimum atomic E-state index is -4.45. The van der Waals surface area contributed by atoms with Crippen LogP contribution in [0.1, 0.15) is 0 Å². The lowest BCUT2D eigenvalue weighted by Gasteiger charge is -2.26. The highest BCUT2D eigenvalue weighted by Gasteiger charge is 2.29. The van der Waals surface area contributed by atoms with Crippen molar-refractivity contribution < 1.29 is 22.8 Å². The molecule has 11 heteroatoms. The predicted molar refractivity (Wildman–Crippen MR) is 110 cm³/mol. The quantitative estimate of drug-likeness (QED) is 0.539. The van der Waals surface area contributed by atoms with E-state index >= 15 is 0 Å². The zero-order valence-electron chi connectivity index (χ0n) is 14.2. The summed E-state index contributed by atoms with van der Waals surface area (Å²) in [6.45, 7) is -0.440. The molecule has 0 aliphatic heterocycles. The molecule has 0 spiro atoms. The minimum Gasteiger partial charge on any atom is -0.324 e. The average Bonchev–Trinajstić information content (AvgIpc) is 2.60. The largest absolute Gasteiger partial charge is 0.327 e.